The molecule has 0 saturated heterocycles. The molecule has 2 aromatic heterocycles. The molecule has 4 nitrogen and oxygen atoms in total. The molecule has 0 saturated carbocycles. The molecule has 4 rings (SSSR count). The maximum Gasteiger partial charge on any atom is 0.196 e. The van der Waals surface area contributed by atoms with E-state index in [-0.39, 0.29) is 17.2 Å². The van der Waals surface area contributed by atoms with Gasteiger partial charge in [0.1, 0.15) is 11.6 Å². The minimum Gasteiger partial charge on any atom is -0.292 e. The summed E-state index contributed by atoms with van der Waals surface area (Å²) in [5.41, 5.74) is 0.841. The molecule has 0 aliphatic rings. The summed E-state index contributed by atoms with van der Waals surface area (Å²) in [4.78, 5) is 13.1. The second-order valence-corrected chi connectivity index (χ2v) is 9.32. The average Bonchev–Trinajstić information content (AvgIpc) is 3.33. The Bertz CT molecular complexity index is 1180. The monoisotopic (exact) mass is 491 g/mol. The fraction of sp³-hybridized carbons (Fsp3) is 0.0500. The number of Topliss-reactive ketones (excluding diaryl/α,β-unsaturated/α-hetero) is 1. The number of thiophene rings is 1. The van der Waals surface area contributed by atoms with Gasteiger partial charge in [-0.1, -0.05) is 42.1 Å². The number of halogens is 3. The van der Waals surface area contributed by atoms with Gasteiger partial charge in [-0.25, -0.2) is 8.78 Å². The Balaban J connectivity index is 1.72. The standard InChI is InChI=1S/C20H12BrF2N3OS2/c21-18-9-8-17(29-18)16(27)11-28-20-25-24-19(12-4-2-1-3-5-12)26(20)15-7-6-13(22)10-14(15)23/h1-10H,11H2. The number of benzene rings is 2. The zero-order valence-electron chi connectivity index (χ0n) is 14.7. The molecule has 2 aromatic carbocycles. The van der Waals surface area contributed by atoms with Crippen molar-refractivity contribution in [1.29, 1.82) is 0 Å². The smallest absolute Gasteiger partial charge is 0.196 e. The second kappa shape index (κ2) is 8.56. The van der Waals surface area contributed by atoms with Crippen LogP contribution in [0.3, 0.4) is 0 Å². The van der Waals surface area contributed by atoms with E-state index in [1.54, 1.807) is 6.07 Å². The Morgan fingerprint density at radius 2 is 1.86 bits per heavy atom. The van der Waals surface area contributed by atoms with E-state index >= 15 is 0 Å². The quantitative estimate of drug-likeness (QED) is 0.244. The number of hydrogen-bond donors (Lipinski definition) is 0. The van der Waals surface area contributed by atoms with Crippen molar-refractivity contribution in [2.45, 2.75) is 5.16 Å². The van der Waals surface area contributed by atoms with Crippen molar-refractivity contribution in [3.63, 3.8) is 0 Å². The van der Waals surface area contributed by atoms with Gasteiger partial charge in [-0.2, -0.15) is 0 Å². The molecule has 4 aromatic rings. The van der Waals surface area contributed by atoms with Crippen molar-refractivity contribution < 1.29 is 13.6 Å². The molecule has 0 N–H and O–H groups in total. The molecule has 0 amide bonds. The van der Waals surface area contributed by atoms with Crippen molar-refractivity contribution in [2.24, 2.45) is 0 Å². The number of ketones is 1. The first-order chi connectivity index (χ1) is 14.0. The lowest BCUT2D eigenvalue weighted by atomic mass is 10.2. The van der Waals surface area contributed by atoms with Gasteiger partial charge in [0, 0.05) is 11.6 Å². The first-order valence-electron chi connectivity index (χ1n) is 8.40. The number of nitrogens with zero attached hydrogens (tertiary/aromatic N) is 3. The van der Waals surface area contributed by atoms with Gasteiger partial charge in [-0.3, -0.25) is 9.36 Å². The average molecular weight is 492 g/mol. The third-order valence-electron chi connectivity index (χ3n) is 4.00. The van der Waals surface area contributed by atoms with Crippen LogP contribution in [-0.2, 0) is 0 Å². The zero-order valence-corrected chi connectivity index (χ0v) is 17.9. The highest BCUT2D eigenvalue weighted by Crippen LogP contribution is 2.30. The van der Waals surface area contributed by atoms with E-state index in [4.69, 9.17) is 0 Å². The van der Waals surface area contributed by atoms with E-state index in [1.807, 2.05) is 36.4 Å². The summed E-state index contributed by atoms with van der Waals surface area (Å²) >= 11 is 5.84. The van der Waals surface area contributed by atoms with Gasteiger partial charge < -0.3 is 0 Å². The number of rotatable bonds is 6. The predicted octanol–water partition coefficient (Wildman–Crippen LogP) is 6.01. The number of hydrogen-bond acceptors (Lipinski definition) is 5. The summed E-state index contributed by atoms with van der Waals surface area (Å²) in [6.45, 7) is 0. The van der Waals surface area contributed by atoms with Crippen LogP contribution >= 0.6 is 39.0 Å². The van der Waals surface area contributed by atoms with E-state index in [0.717, 1.165) is 27.2 Å². The van der Waals surface area contributed by atoms with Crippen LogP contribution in [0, 0.1) is 11.6 Å². The highest BCUT2D eigenvalue weighted by molar-refractivity contribution is 9.11. The summed E-state index contributed by atoms with van der Waals surface area (Å²) in [6, 6.07) is 16.1. The topological polar surface area (TPSA) is 47.8 Å². The molecule has 2 heterocycles. The zero-order chi connectivity index (χ0) is 20.4. The third kappa shape index (κ3) is 4.31. The summed E-state index contributed by atoms with van der Waals surface area (Å²) < 4.78 is 30.4. The number of carbonyl (C=O) groups excluding carboxylic acids is 1. The number of carbonyl (C=O) groups is 1. The van der Waals surface area contributed by atoms with Gasteiger partial charge in [-0.15, -0.1) is 21.5 Å². The lowest BCUT2D eigenvalue weighted by Gasteiger charge is -2.11. The van der Waals surface area contributed by atoms with Crippen LogP contribution in [0.5, 0.6) is 0 Å². The number of aromatic nitrogens is 3. The molecule has 0 bridgehead atoms. The molecule has 146 valence electrons. The maximum atomic E-state index is 14.6. The Labute approximate surface area is 181 Å². The Hall–Kier alpha value is -2.36. The lowest BCUT2D eigenvalue weighted by Crippen LogP contribution is -2.05. The predicted molar refractivity (Wildman–Crippen MR) is 114 cm³/mol. The first kappa shape index (κ1) is 19.9. The summed E-state index contributed by atoms with van der Waals surface area (Å²) in [6.07, 6.45) is 0. The molecule has 9 heteroatoms. The molecule has 0 fully saturated rings. The normalized spacial score (nSPS) is 11.0. The van der Waals surface area contributed by atoms with Crippen molar-refractivity contribution in [3.05, 3.63) is 81.0 Å². The molecule has 29 heavy (non-hydrogen) atoms. The second-order valence-electron chi connectivity index (χ2n) is 5.92. The van der Waals surface area contributed by atoms with Gasteiger partial charge in [0.15, 0.2) is 16.8 Å². The SMILES string of the molecule is O=C(CSc1nnc(-c2ccccc2)n1-c1ccc(F)cc1F)c1ccc(Br)s1. The molecule has 0 radical (unpaired) electrons. The summed E-state index contributed by atoms with van der Waals surface area (Å²) in [7, 11) is 0. The van der Waals surface area contributed by atoms with Crippen LogP contribution < -0.4 is 0 Å². The third-order valence-corrected chi connectivity index (χ3v) is 6.59. The molecular weight excluding hydrogens is 480 g/mol. The Morgan fingerprint density at radius 3 is 2.55 bits per heavy atom. The van der Waals surface area contributed by atoms with Crippen LogP contribution in [0.4, 0.5) is 8.78 Å². The van der Waals surface area contributed by atoms with Gasteiger partial charge in [0.05, 0.1) is 20.1 Å². The lowest BCUT2D eigenvalue weighted by molar-refractivity contribution is 0.102. The Kier molecular flexibility index (Phi) is 5.89. The van der Waals surface area contributed by atoms with Crippen LogP contribution in [0.25, 0.3) is 17.1 Å². The molecular formula is C20H12BrF2N3OS2. The van der Waals surface area contributed by atoms with Crippen LogP contribution in [0.15, 0.2) is 69.6 Å². The maximum absolute atomic E-state index is 14.6. The fourth-order valence-electron chi connectivity index (χ4n) is 2.68. The van der Waals surface area contributed by atoms with E-state index in [0.29, 0.717) is 15.9 Å². The van der Waals surface area contributed by atoms with Crippen molar-refractivity contribution in [3.8, 4) is 17.1 Å². The van der Waals surface area contributed by atoms with Crippen molar-refractivity contribution in [1.82, 2.24) is 14.8 Å². The van der Waals surface area contributed by atoms with Gasteiger partial charge in [0.25, 0.3) is 0 Å². The fourth-order valence-corrected chi connectivity index (χ4v) is 4.93. The van der Waals surface area contributed by atoms with E-state index < -0.39 is 11.6 Å². The van der Waals surface area contributed by atoms with E-state index in [1.165, 1.54) is 28.0 Å². The van der Waals surface area contributed by atoms with E-state index in [2.05, 4.69) is 26.1 Å². The van der Waals surface area contributed by atoms with Crippen LogP contribution in [0.1, 0.15) is 9.67 Å². The van der Waals surface area contributed by atoms with Crippen LogP contribution in [0.2, 0.25) is 0 Å². The first-order valence-corrected chi connectivity index (χ1v) is 11.0. The highest BCUT2D eigenvalue weighted by Gasteiger charge is 2.20. The molecule has 0 unspecified atom stereocenters. The molecule has 0 aliphatic heterocycles. The summed E-state index contributed by atoms with van der Waals surface area (Å²) in [5.74, 6) is -0.959. The molecule has 0 atom stereocenters. The molecule has 0 aliphatic carbocycles. The van der Waals surface area contributed by atoms with Crippen molar-refractivity contribution >= 4 is 44.8 Å². The number of thioether (sulfide) groups is 1. The largest absolute Gasteiger partial charge is 0.292 e. The van der Waals surface area contributed by atoms with E-state index in [9.17, 15) is 13.6 Å². The minimum atomic E-state index is -0.739. The minimum absolute atomic E-state index is 0.0684. The van der Waals surface area contributed by atoms with Crippen molar-refractivity contribution in [2.75, 3.05) is 5.75 Å². The highest BCUT2D eigenvalue weighted by atomic mass is 79.9. The Morgan fingerprint density at radius 1 is 1.07 bits per heavy atom. The van der Waals surface area contributed by atoms with Gasteiger partial charge in [-0.05, 0) is 40.2 Å². The summed E-state index contributed by atoms with van der Waals surface area (Å²) in [5, 5.41) is 8.70. The van der Waals surface area contributed by atoms with Gasteiger partial charge >= 0.3 is 0 Å². The molecule has 0 spiro atoms. The van der Waals surface area contributed by atoms with Gasteiger partial charge in [0.2, 0.25) is 0 Å². The van der Waals surface area contributed by atoms with Crippen LogP contribution in [-0.4, -0.2) is 26.3 Å².